The molecule has 0 aliphatic carbocycles. The topological polar surface area (TPSA) is 74.8 Å². The summed E-state index contributed by atoms with van der Waals surface area (Å²) >= 11 is 0. The Bertz CT molecular complexity index is 875. The van der Waals surface area contributed by atoms with Crippen molar-refractivity contribution in [3.63, 3.8) is 0 Å². The van der Waals surface area contributed by atoms with Crippen LogP contribution in [0.3, 0.4) is 0 Å². The third-order valence-electron chi connectivity index (χ3n) is 3.03. The number of aromatic amines is 1. The van der Waals surface area contributed by atoms with Crippen LogP contribution in [0, 0.1) is 5.82 Å². The predicted octanol–water partition coefficient (Wildman–Crippen LogP) is 3.02. The van der Waals surface area contributed by atoms with Crippen molar-refractivity contribution in [1.82, 2.24) is 10.2 Å². The molecule has 112 valence electrons. The van der Waals surface area contributed by atoms with Gasteiger partial charge in [0.1, 0.15) is 5.82 Å². The number of anilines is 1. The van der Waals surface area contributed by atoms with Crippen molar-refractivity contribution >= 4 is 15.8 Å². The monoisotopic (exact) mass is 317 g/mol. The van der Waals surface area contributed by atoms with Gasteiger partial charge in [0.2, 0.25) is 0 Å². The van der Waals surface area contributed by atoms with Gasteiger partial charge < -0.3 is 0 Å². The molecule has 1 aromatic heterocycles. The second-order valence-corrected chi connectivity index (χ2v) is 6.27. The molecule has 2 N–H and O–H groups in total. The first-order valence-electron chi connectivity index (χ1n) is 6.44. The lowest BCUT2D eigenvalue weighted by Crippen LogP contribution is -2.13. The second-order valence-electron chi connectivity index (χ2n) is 4.59. The maximum atomic E-state index is 12.9. The Labute approximate surface area is 126 Å². The summed E-state index contributed by atoms with van der Waals surface area (Å²) in [4.78, 5) is -0.0295. The summed E-state index contributed by atoms with van der Waals surface area (Å²) < 4.78 is 39.6. The molecule has 3 aromatic rings. The van der Waals surface area contributed by atoms with Crippen LogP contribution >= 0.6 is 0 Å². The molecule has 0 unspecified atom stereocenters. The number of hydrogen-bond donors (Lipinski definition) is 2. The third-order valence-corrected chi connectivity index (χ3v) is 4.40. The number of H-pyrrole nitrogens is 1. The molecule has 0 amide bonds. The zero-order valence-corrected chi connectivity index (χ0v) is 12.1. The van der Waals surface area contributed by atoms with Gasteiger partial charge in [0.15, 0.2) is 5.82 Å². The average molecular weight is 317 g/mol. The van der Waals surface area contributed by atoms with Gasteiger partial charge in [-0.15, -0.1) is 0 Å². The maximum absolute atomic E-state index is 12.9. The van der Waals surface area contributed by atoms with Gasteiger partial charge >= 0.3 is 0 Å². The highest BCUT2D eigenvalue weighted by Crippen LogP contribution is 2.21. The Balaban J connectivity index is 1.84. The van der Waals surface area contributed by atoms with Crippen LogP contribution in [0.2, 0.25) is 0 Å². The summed E-state index contributed by atoms with van der Waals surface area (Å²) in [7, 11) is -3.80. The Morgan fingerprint density at radius 1 is 1.00 bits per heavy atom. The number of sulfonamides is 1. The first-order valence-corrected chi connectivity index (χ1v) is 7.92. The maximum Gasteiger partial charge on any atom is 0.263 e. The number of halogens is 1. The van der Waals surface area contributed by atoms with E-state index < -0.39 is 15.8 Å². The molecule has 22 heavy (non-hydrogen) atoms. The van der Waals surface area contributed by atoms with Crippen LogP contribution in [0.4, 0.5) is 10.2 Å². The van der Waals surface area contributed by atoms with E-state index >= 15 is 0 Å². The van der Waals surface area contributed by atoms with Crippen LogP contribution in [-0.2, 0) is 10.0 Å². The van der Waals surface area contributed by atoms with Gasteiger partial charge in [0.05, 0.1) is 10.6 Å². The van der Waals surface area contributed by atoms with E-state index in [1.807, 2.05) is 30.3 Å². The van der Waals surface area contributed by atoms with Crippen LogP contribution in [0.15, 0.2) is 65.6 Å². The molecule has 0 saturated heterocycles. The second kappa shape index (κ2) is 5.61. The highest BCUT2D eigenvalue weighted by Gasteiger charge is 2.16. The fraction of sp³-hybridized carbons (Fsp3) is 0. The number of nitrogens with zero attached hydrogens (tertiary/aromatic N) is 1. The molecule has 7 heteroatoms. The minimum absolute atomic E-state index is 0.0295. The molecular formula is C15H12FN3O2S. The van der Waals surface area contributed by atoms with Crippen molar-refractivity contribution < 1.29 is 12.8 Å². The van der Waals surface area contributed by atoms with Gasteiger partial charge in [-0.2, -0.15) is 5.10 Å². The summed E-state index contributed by atoms with van der Waals surface area (Å²) in [5, 5.41) is 6.70. The summed E-state index contributed by atoms with van der Waals surface area (Å²) in [5.41, 5.74) is 1.58. The molecule has 0 aliphatic rings. The van der Waals surface area contributed by atoms with Gasteiger partial charge in [-0.25, -0.2) is 12.8 Å². The van der Waals surface area contributed by atoms with Crippen LogP contribution in [-0.4, -0.2) is 18.6 Å². The summed E-state index contributed by atoms with van der Waals surface area (Å²) in [6, 6.07) is 15.6. The summed E-state index contributed by atoms with van der Waals surface area (Å²) in [6.07, 6.45) is 0. The molecule has 0 fully saturated rings. The molecule has 0 bridgehead atoms. The fourth-order valence-corrected chi connectivity index (χ4v) is 2.94. The molecule has 0 radical (unpaired) electrons. The van der Waals surface area contributed by atoms with Crippen molar-refractivity contribution in [2.45, 2.75) is 4.90 Å². The van der Waals surface area contributed by atoms with Crippen LogP contribution in [0.1, 0.15) is 0 Å². The summed E-state index contributed by atoms with van der Waals surface area (Å²) in [5.74, 6) is -0.326. The van der Waals surface area contributed by atoms with E-state index in [4.69, 9.17) is 0 Å². The van der Waals surface area contributed by atoms with Crippen LogP contribution in [0.5, 0.6) is 0 Å². The highest BCUT2D eigenvalue weighted by atomic mass is 32.2. The number of benzene rings is 2. The van der Waals surface area contributed by atoms with Gasteiger partial charge in [0.25, 0.3) is 10.0 Å². The SMILES string of the molecule is O=S(=O)(Nc1cc(-c2ccccc2)[nH]n1)c1ccc(F)cc1. The van der Waals surface area contributed by atoms with Crippen molar-refractivity contribution in [3.05, 3.63) is 66.5 Å². The molecule has 3 rings (SSSR count). The number of hydrogen-bond acceptors (Lipinski definition) is 3. The summed E-state index contributed by atoms with van der Waals surface area (Å²) in [6.45, 7) is 0. The van der Waals surface area contributed by atoms with E-state index in [0.29, 0.717) is 5.69 Å². The van der Waals surface area contributed by atoms with E-state index in [-0.39, 0.29) is 10.7 Å². The lowest BCUT2D eigenvalue weighted by atomic mass is 10.2. The number of nitrogens with one attached hydrogen (secondary N) is 2. The van der Waals surface area contributed by atoms with Gasteiger partial charge in [-0.1, -0.05) is 30.3 Å². The first-order chi connectivity index (χ1) is 10.5. The average Bonchev–Trinajstić information content (AvgIpc) is 2.96. The van der Waals surface area contributed by atoms with E-state index in [2.05, 4.69) is 14.9 Å². The molecule has 0 aliphatic heterocycles. The van der Waals surface area contributed by atoms with E-state index in [1.165, 1.54) is 12.1 Å². The largest absolute Gasteiger partial charge is 0.276 e. The Morgan fingerprint density at radius 3 is 2.36 bits per heavy atom. The fourth-order valence-electron chi connectivity index (χ4n) is 1.95. The molecule has 1 heterocycles. The standard InChI is InChI=1S/C15H12FN3O2S/c16-12-6-8-13(9-7-12)22(20,21)19-15-10-14(17-18-15)11-4-2-1-3-5-11/h1-10H,(H2,17,18,19). The minimum atomic E-state index is -3.80. The van der Waals surface area contributed by atoms with Crippen molar-refractivity contribution in [3.8, 4) is 11.3 Å². The van der Waals surface area contributed by atoms with Crippen LogP contribution < -0.4 is 4.72 Å². The van der Waals surface area contributed by atoms with Gasteiger partial charge in [-0.3, -0.25) is 9.82 Å². The molecule has 0 atom stereocenters. The zero-order chi connectivity index (χ0) is 15.6. The van der Waals surface area contributed by atoms with E-state index in [9.17, 15) is 12.8 Å². The van der Waals surface area contributed by atoms with Crippen LogP contribution in [0.25, 0.3) is 11.3 Å². The third kappa shape index (κ3) is 2.99. The molecule has 0 saturated carbocycles. The van der Waals surface area contributed by atoms with Crippen molar-refractivity contribution in [2.24, 2.45) is 0 Å². The van der Waals surface area contributed by atoms with E-state index in [1.54, 1.807) is 6.07 Å². The molecule has 5 nitrogen and oxygen atoms in total. The van der Waals surface area contributed by atoms with E-state index in [0.717, 1.165) is 17.7 Å². The molecule has 2 aromatic carbocycles. The number of rotatable bonds is 4. The Morgan fingerprint density at radius 2 is 1.68 bits per heavy atom. The van der Waals surface area contributed by atoms with Crippen molar-refractivity contribution in [2.75, 3.05) is 4.72 Å². The lowest BCUT2D eigenvalue weighted by molar-refractivity contribution is 0.599. The first kappa shape index (κ1) is 14.3. The van der Waals surface area contributed by atoms with Gasteiger partial charge in [-0.05, 0) is 29.8 Å². The minimum Gasteiger partial charge on any atom is -0.276 e. The lowest BCUT2D eigenvalue weighted by Gasteiger charge is -2.04. The normalized spacial score (nSPS) is 11.3. The van der Waals surface area contributed by atoms with Crippen molar-refractivity contribution in [1.29, 1.82) is 0 Å². The zero-order valence-electron chi connectivity index (χ0n) is 11.3. The number of aromatic nitrogens is 2. The Kier molecular flexibility index (Phi) is 3.64. The van der Waals surface area contributed by atoms with Gasteiger partial charge in [0, 0.05) is 6.07 Å². The predicted molar refractivity (Wildman–Crippen MR) is 81.2 cm³/mol. The molecular weight excluding hydrogens is 305 g/mol. The Hall–Kier alpha value is -2.67. The smallest absolute Gasteiger partial charge is 0.263 e. The molecule has 0 spiro atoms. The quantitative estimate of drug-likeness (QED) is 0.776. The highest BCUT2D eigenvalue weighted by molar-refractivity contribution is 7.92.